The van der Waals surface area contributed by atoms with Gasteiger partial charge in [-0.2, -0.15) is 13.2 Å². The van der Waals surface area contributed by atoms with Crippen molar-refractivity contribution < 1.29 is 13.2 Å². The van der Waals surface area contributed by atoms with Gasteiger partial charge < -0.3 is 10.2 Å². The van der Waals surface area contributed by atoms with E-state index in [0.29, 0.717) is 0 Å². The molecule has 1 aliphatic carbocycles. The molecule has 1 saturated carbocycles. The van der Waals surface area contributed by atoms with Crippen LogP contribution < -0.4 is 5.32 Å². The second-order valence-corrected chi connectivity index (χ2v) is 6.58. The van der Waals surface area contributed by atoms with Gasteiger partial charge in [-0.25, -0.2) is 0 Å². The molecule has 0 radical (unpaired) electrons. The number of hydrogen-bond acceptors (Lipinski definition) is 2. The van der Waals surface area contributed by atoms with Gasteiger partial charge in [0, 0.05) is 19.1 Å². The van der Waals surface area contributed by atoms with Crippen molar-refractivity contribution in [3.05, 3.63) is 0 Å². The Morgan fingerprint density at radius 1 is 1.04 bits per heavy atom. The van der Waals surface area contributed by atoms with Gasteiger partial charge in [-0.1, -0.05) is 52.9 Å². The highest BCUT2D eigenvalue weighted by Gasteiger charge is 2.31. The van der Waals surface area contributed by atoms with E-state index < -0.39 is 12.7 Å². The number of nitrogens with zero attached hydrogens (tertiary/aromatic N) is 1. The maximum absolute atomic E-state index is 11.7. The fraction of sp³-hybridized carbons (Fsp3) is 0.889. The zero-order valence-corrected chi connectivity index (χ0v) is 14.8. The molecule has 1 aliphatic heterocycles. The Balaban J connectivity index is 0.000000392. The van der Waals surface area contributed by atoms with Gasteiger partial charge in [-0.3, -0.25) is 0 Å². The predicted octanol–water partition coefficient (Wildman–Crippen LogP) is 4.31. The number of hydrogen-bond donors (Lipinski definition) is 1. The van der Waals surface area contributed by atoms with Crippen molar-refractivity contribution in [2.45, 2.75) is 65.1 Å². The van der Waals surface area contributed by atoms with E-state index in [1.807, 2.05) is 6.92 Å². The Morgan fingerprint density at radius 3 is 1.96 bits per heavy atom. The van der Waals surface area contributed by atoms with E-state index in [1.54, 1.807) is 0 Å². The van der Waals surface area contributed by atoms with Crippen LogP contribution in [0.4, 0.5) is 13.2 Å². The van der Waals surface area contributed by atoms with Gasteiger partial charge in [0.2, 0.25) is 0 Å². The van der Waals surface area contributed by atoms with E-state index in [2.05, 4.69) is 36.9 Å². The fourth-order valence-corrected chi connectivity index (χ4v) is 2.95. The third-order valence-corrected chi connectivity index (χ3v) is 4.71. The van der Waals surface area contributed by atoms with E-state index in [0.717, 1.165) is 31.5 Å². The van der Waals surface area contributed by atoms with Crippen LogP contribution in [0.3, 0.4) is 0 Å². The number of alkyl halides is 3. The van der Waals surface area contributed by atoms with Gasteiger partial charge in [-0.15, -0.1) is 12.8 Å². The molecule has 2 aliphatic rings. The highest BCUT2D eigenvalue weighted by atomic mass is 19.4. The highest BCUT2D eigenvalue weighted by Crippen LogP contribution is 2.29. The Morgan fingerprint density at radius 2 is 1.57 bits per heavy atom. The normalized spacial score (nSPS) is 25.4. The number of rotatable bonds is 4. The van der Waals surface area contributed by atoms with Crippen molar-refractivity contribution >= 4 is 0 Å². The lowest BCUT2D eigenvalue weighted by Gasteiger charge is -2.39. The summed E-state index contributed by atoms with van der Waals surface area (Å²) in [7, 11) is 0. The molecule has 0 aromatic rings. The van der Waals surface area contributed by atoms with Crippen LogP contribution in [0.2, 0.25) is 0 Å². The van der Waals surface area contributed by atoms with Crippen LogP contribution in [0.1, 0.15) is 52.9 Å². The summed E-state index contributed by atoms with van der Waals surface area (Å²) < 4.78 is 35.0. The SMILES string of the molecule is C#C.CCC1CCC(C)CC1.CCN1CC(NCC(F)(F)F)C1. The van der Waals surface area contributed by atoms with Gasteiger partial charge in [0.15, 0.2) is 0 Å². The number of terminal acetylenes is 1. The van der Waals surface area contributed by atoms with Crippen LogP contribution >= 0.6 is 0 Å². The average molecular weight is 334 g/mol. The lowest BCUT2D eigenvalue weighted by atomic mass is 9.82. The summed E-state index contributed by atoms with van der Waals surface area (Å²) in [5.41, 5.74) is 0. The summed E-state index contributed by atoms with van der Waals surface area (Å²) in [6.45, 7) is 8.24. The summed E-state index contributed by atoms with van der Waals surface area (Å²) in [6, 6.07) is 0.0339. The maximum atomic E-state index is 11.7. The first-order chi connectivity index (χ1) is 10.8. The van der Waals surface area contributed by atoms with Crippen LogP contribution in [0.25, 0.3) is 0 Å². The number of halogens is 3. The molecule has 0 aromatic carbocycles. The van der Waals surface area contributed by atoms with Crippen molar-refractivity contribution in [2.24, 2.45) is 11.8 Å². The van der Waals surface area contributed by atoms with Crippen LogP contribution in [0, 0.1) is 24.7 Å². The third kappa shape index (κ3) is 10.6. The molecule has 2 rings (SSSR count). The highest BCUT2D eigenvalue weighted by molar-refractivity contribution is 4.85. The minimum Gasteiger partial charge on any atom is -0.303 e. The van der Waals surface area contributed by atoms with E-state index in [1.165, 1.54) is 32.1 Å². The molecule has 1 saturated heterocycles. The van der Waals surface area contributed by atoms with Crippen molar-refractivity contribution in [1.29, 1.82) is 0 Å². The molecule has 5 heteroatoms. The molecule has 23 heavy (non-hydrogen) atoms. The van der Waals surface area contributed by atoms with Crippen molar-refractivity contribution in [3.8, 4) is 12.8 Å². The molecule has 2 fully saturated rings. The molecule has 1 heterocycles. The van der Waals surface area contributed by atoms with Gasteiger partial charge in [0.05, 0.1) is 6.54 Å². The minimum absolute atomic E-state index is 0.0339. The van der Waals surface area contributed by atoms with Gasteiger partial charge in [0.25, 0.3) is 0 Å². The van der Waals surface area contributed by atoms with E-state index >= 15 is 0 Å². The van der Waals surface area contributed by atoms with E-state index in [4.69, 9.17) is 0 Å². The lowest BCUT2D eigenvalue weighted by Crippen LogP contribution is -2.58. The molecular formula is C18H33F3N2. The van der Waals surface area contributed by atoms with E-state index in [-0.39, 0.29) is 6.04 Å². The van der Waals surface area contributed by atoms with Crippen LogP contribution in [0.5, 0.6) is 0 Å². The summed E-state index contributed by atoms with van der Waals surface area (Å²) in [6.07, 6.45) is 11.3. The lowest BCUT2D eigenvalue weighted by molar-refractivity contribution is -0.128. The topological polar surface area (TPSA) is 15.3 Å². The Kier molecular flexibility index (Phi) is 11.4. The predicted molar refractivity (Wildman–Crippen MR) is 91.3 cm³/mol. The Hall–Kier alpha value is -0.730. The van der Waals surface area contributed by atoms with Crippen molar-refractivity contribution in [1.82, 2.24) is 10.2 Å². The number of nitrogens with one attached hydrogen (secondary N) is 1. The average Bonchev–Trinajstić information content (AvgIpc) is 2.48. The van der Waals surface area contributed by atoms with Crippen LogP contribution in [-0.4, -0.2) is 43.3 Å². The molecule has 136 valence electrons. The summed E-state index contributed by atoms with van der Waals surface area (Å²) >= 11 is 0. The molecule has 0 amide bonds. The molecule has 0 aromatic heterocycles. The zero-order valence-electron chi connectivity index (χ0n) is 14.8. The Bertz CT molecular complexity index is 301. The van der Waals surface area contributed by atoms with Crippen molar-refractivity contribution in [3.63, 3.8) is 0 Å². The molecule has 2 nitrogen and oxygen atoms in total. The quantitative estimate of drug-likeness (QED) is 0.771. The molecule has 0 atom stereocenters. The smallest absolute Gasteiger partial charge is 0.303 e. The van der Waals surface area contributed by atoms with Crippen molar-refractivity contribution in [2.75, 3.05) is 26.2 Å². The summed E-state index contributed by atoms with van der Waals surface area (Å²) in [4.78, 5) is 2.09. The molecular weight excluding hydrogens is 301 g/mol. The second kappa shape index (κ2) is 11.8. The largest absolute Gasteiger partial charge is 0.401 e. The molecule has 0 spiro atoms. The number of likely N-dealkylation sites (N-methyl/N-ethyl adjacent to an activating group) is 1. The summed E-state index contributed by atoms with van der Waals surface area (Å²) in [5, 5.41) is 2.46. The first-order valence-electron chi connectivity index (χ1n) is 8.69. The monoisotopic (exact) mass is 334 g/mol. The maximum Gasteiger partial charge on any atom is 0.401 e. The molecule has 1 N–H and O–H groups in total. The summed E-state index contributed by atoms with van der Waals surface area (Å²) in [5.74, 6) is 2.09. The third-order valence-electron chi connectivity index (χ3n) is 4.71. The fourth-order valence-electron chi connectivity index (χ4n) is 2.95. The van der Waals surface area contributed by atoms with E-state index in [9.17, 15) is 13.2 Å². The van der Waals surface area contributed by atoms with Crippen LogP contribution in [-0.2, 0) is 0 Å². The first kappa shape index (κ1) is 22.3. The second-order valence-electron chi connectivity index (χ2n) is 6.58. The van der Waals surface area contributed by atoms with Crippen LogP contribution in [0.15, 0.2) is 0 Å². The Labute approximate surface area is 140 Å². The van der Waals surface area contributed by atoms with Gasteiger partial charge in [0.1, 0.15) is 0 Å². The molecule has 0 unspecified atom stereocenters. The minimum atomic E-state index is -4.08. The number of likely N-dealkylation sites (tertiary alicyclic amines) is 1. The first-order valence-corrected chi connectivity index (χ1v) is 8.69. The standard InChI is InChI=1S/C9H18.C7H13F3N2.C2H2/c1-3-9-6-4-8(2)5-7-9;1-2-12-3-6(4-12)11-5-7(8,9)10;1-2/h8-9H,3-7H2,1-2H3;6,11H,2-5H2,1H3;1-2H. The van der Waals surface area contributed by atoms with Gasteiger partial charge >= 0.3 is 6.18 Å². The molecule has 0 bridgehead atoms. The zero-order chi connectivity index (χ0) is 17.9. The van der Waals surface area contributed by atoms with Gasteiger partial charge in [-0.05, 0) is 18.4 Å².